The van der Waals surface area contributed by atoms with Gasteiger partial charge in [-0.25, -0.2) is 4.39 Å². The van der Waals surface area contributed by atoms with Crippen molar-refractivity contribution in [1.29, 1.82) is 0 Å². The molecule has 4 rings (SSSR count). The topological polar surface area (TPSA) is 68.2 Å². The molecule has 0 unspecified atom stereocenters. The minimum absolute atomic E-state index is 0.112. The zero-order chi connectivity index (χ0) is 21.3. The maximum atomic E-state index is 14.0. The SMILES string of the molecule is COc1ccc(C(=O)N2C[C@H]3C[C@@H](Oc4ccccc4OC)[C@H](O)C[C@H]3C2)cc1F. The molecule has 2 aromatic rings. The van der Waals surface area contributed by atoms with E-state index in [0.29, 0.717) is 43.0 Å². The fourth-order valence-electron chi connectivity index (χ4n) is 4.54. The van der Waals surface area contributed by atoms with Crippen molar-refractivity contribution in [2.75, 3.05) is 27.3 Å². The average Bonchev–Trinajstić information content (AvgIpc) is 3.16. The summed E-state index contributed by atoms with van der Waals surface area (Å²) in [5, 5.41) is 10.6. The van der Waals surface area contributed by atoms with Crippen LogP contribution in [-0.4, -0.2) is 55.4 Å². The first-order chi connectivity index (χ1) is 14.5. The van der Waals surface area contributed by atoms with Crippen molar-refractivity contribution in [3.8, 4) is 17.2 Å². The van der Waals surface area contributed by atoms with Crippen LogP contribution in [0.4, 0.5) is 4.39 Å². The standard InChI is InChI=1S/C23H26FNO5/c1-28-19-8-7-14(9-17(19)24)23(27)25-12-15-10-18(26)22(11-16(15)13-25)30-21-6-4-3-5-20(21)29-2/h3-9,15-16,18,22,26H,10-13H2,1-2H3/t15-,16+,18+,22+/m0/s1. The zero-order valence-electron chi connectivity index (χ0n) is 17.1. The molecular weight excluding hydrogens is 389 g/mol. The number of ether oxygens (including phenoxy) is 3. The number of carbonyl (C=O) groups excluding carboxylic acids is 1. The van der Waals surface area contributed by atoms with Crippen LogP contribution in [0.2, 0.25) is 0 Å². The molecule has 0 radical (unpaired) electrons. The summed E-state index contributed by atoms with van der Waals surface area (Å²) < 4.78 is 30.3. The Kier molecular flexibility index (Phi) is 5.81. The van der Waals surface area contributed by atoms with E-state index < -0.39 is 11.9 Å². The maximum Gasteiger partial charge on any atom is 0.253 e. The van der Waals surface area contributed by atoms with E-state index in [9.17, 15) is 14.3 Å². The first-order valence-electron chi connectivity index (χ1n) is 10.1. The molecule has 1 aliphatic heterocycles. The molecular formula is C23H26FNO5. The third-order valence-electron chi connectivity index (χ3n) is 6.12. The van der Waals surface area contributed by atoms with E-state index in [1.54, 1.807) is 18.1 Å². The molecule has 0 aromatic heterocycles. The number of hydrogen-bond donors (Lipinski definition) is 1. The largest absolute Gasteiger partial charge is 0.494 e. The summed E-state index contributed by atoms with van der Waals surface area (Å²) in [6, 6.07) is 11.6. The molecule has 1 N–H and O–H groups in total. The molecule has 1 aliphatic carbocycles. The Hall–Kier alpha value is -2.80. The van der Waals surface area contributed by atoms with Crippen molar-refractivity contribution in [3.63, 3.8) is 0 Å². The van der Waals surface area contributed by atoms with Gasteiger partial charge in [-0.05, 0) is 55.0 Å². The van der Waals surface area contributed by atoms with Crippen LogP contribution in [0, 0.1) is 17.7 Å². The van der Waals surface area contributed by atoms with Gasteiger partial charge in [0.1, 0.15) is 6.10 Å². The van der Waals surface area contributed by atoms with E-state index in [1.165, 1.54) is 19.2 Å². The van der Waals surface area contributed by atoms with Gasteiger partial charge >= 0.3 is 0 Å². The Balaban J connectivity index is 1.44. The lowest BCUT2D eigenvalue weighted by atomic mass is 9.78. The van der Waals surface area contributed by atoms with Gasteiger partial charge in [0.25, 0.3) is 5.91 Å². The van der Waals surface area contributed by atoms with Gasteiger partial charge in [0.2, 0.25) is 0 Å². The fourth-order valence-corrected chi connectivity index (χ4v) is 4.54. The maximum absolute atomic E-state index is 14.0. The highest BCUT2D eigenvalue weighted by atomic mass is 19.1. The summed E-state index contributed by atoms with van der Waals surface area (Å²) in [7, 11) is 2.97. The summed E-state index contributed by atoms with van der Waals surface area (Å²) in [4.78, 5) is 14.6. The number of aliphatic hydroxyl groups is 1. The summed E-state index contributed by atoms with van der Waals surface area (Å²) in [6.07, 6.45) is 0.219. The minimum Gasteiger partial charge on any atom is -0.494 e. The zero-order valence-corrected chi connectivity index (χ0v) is 17.1. The summed E-state index contributed by atoms with van der Waals surface area (Å²) in [5.41, 5.74) is 0.300. The van der Waals surface area contributed by atoms with Crippen molar-refractivity contribution < 1.29 is 28.5 Å². The first-order valence-corrected chi connectivity index (χ1v) is 10.1. The number of carbonyl (C=O) groups is 1. The molecule has 7 heteroatoms. The van der Waals surface area contributed by atoms with Crippen molar-refractivity contribution >= 4 is 5.91 Å². The van der Waals surface area contributed by atoms with E-state index in [-0.39, 0.29) is 29.6 Å². The van der Waals surface area contributed by atoms with Crippen LogP contribution >= 0.6 is 0 Å². The molecule has 1 saturated heterocycles. The predicted molar refractivity (Wildman–Crippen MR) is 108 cm³/mol. The third kappa shape index (κ3) is 3.94. The minimum atomic E-state index is -0.621. The van der Waals surface area contributed by atoms with Gasteiger partial charge in [0, 0.05) is 18.7 Å². The van der Waals surface area contributed by atoms with Crippen molar-refractivity contribution in [3.05, 3.63) is 53.8 Å². The highest BCUT2D eigenvalue weighted by molar-refractivity contribution is 5.94. The van der Waals surface area contributed by atoms with Crippen LogP contribution in [0.15, 0.2) is 42.5 Å². The quantitative estimate of drug-likeness (QED) is 0.813. The highest BCUT2D eigenvalue weighted by Crippen LogP contribution is 2.39. The Morgan fingerprint density at radius 1 is 1.00 bits per heavy atom. The molecule has 2 aromatic carbocycles. The lowest BCUT2D eigenvalue weighted by Gasteiger charge is -2.35. The average molecular weight is 415 g/mol. The van der Waals surface area contributed by atoms with Crippen LogP contribution in [0.5, 0.6) is 17.2 Å². The summed E-state index contributed by atoms with van der Waals surface area (Å²) >= 11 is 0. The van der Waals surface area contributed by atoms with Crippen molar-refractivity contribution in [1.82, 2.24) is 4.90 Å². The number of methoxy groups -OCH3 is 2. The van der Waals surface area contributed by atoms with E-state index in [4.69, 9.17) is 14.2 Å². The number of nitrogens with zero attached hydrogens (tertiary/aromatic N) is 1. The number of hydrogen-bond acceptors (Lipinski definition) is 5. The number of halogens is 1. The Bertz CT molecular complexity index is 920. The molecule has 2 fully saturated rings. The molecule has 4 atom stereocenters. The van der Waals surface area contributed by atoms with E-state index in [2.05, 4.69) is 0 Å². The normalized spacial score (nSPS) is 25.5. The number of amides is 1. The number of para-hydroxylation sites is 2. The molecule has 1 amide bonds. The van der Waals surface area contributed by atoms with Gasteiger partial charge in [0.05, 0.1) is 20.3 Å². The highest BCUT2D eigenvalue weighted by Gasteiger charge is 2.44. The first kappa shape index (κ1) is 20.5. The Morgan fingerprint density at radius 2 is 1.67 bits per heavy atom. The molecule has 1 heterocycles. The number of aliphatic hydroxyl groups excluding tert-OH is 1. The second kappa shape index (κ2) is 8.52. The van der Waals surface area contributed by atoms with Gasteiger partial charge in [-0.15, -0.1) is 0 Å². The van der Waals surface area contributed by atoms with Crippen molar-refractivity contribution in [2.45, 2.75) is 25.0 Å². The van der Waals surface area contributed by atoms with Crippen LogP contribution in [0.25, 0.3) is 0 Å². The molecule has 160 valence electrons. The van der Waals surface area contributed by atoms with Crippen LogP contribution in [0.1, 0.15) is 23.2 Å². The van der Waals surface area contributed by atoms with Crippen LogP contribution in [0.3, 0.4) is 0 Å². The van der Waals surface area contributed by atoms with Crippen LogP contribution in [-0.2, 0) is 0 Å². The molecule has 1 saturated carbocycles. The second-order valence-corrected chi connectivity index (χ2v) is 7.93. The van der Waals surface area contributed by atoms with E-state index in [0.717, 1.165) is 0 Å². The summed E-state index contributed by atoms with van der Waals surface area (Å²) in [6.45, 7) is 1.12. The van der Waals surface area contributed by atoms with Crippen LogP contribution < -0.4 is 14.2 Å². The lowest BCUT2D eigenvalue weighted by molar-refractivity contribution is -0.0240. The van der Waals surface area contributed by atoms with Gasteiger partial charge in [-0.1, -0.05) is 12.1 Å². The van der Waals surface area contributed by atoms with Gasteiger partial charge in [0.15, 0.2) is 23.1 Å². The molecule has 0 spiro atoms. The lowest BCUT2D eigenvalue weighted by Crippen LogP contribution is -2.42. The van der Waals surface area contributed by atoms with E-state index in [1.807, 2.05) is 24.3 Å². The monoisotopic (exact) mass is 415 g/mol. The smallest absolute Gasteiger partial charge is 0.253 e. The number of benzene rings is 2. The molecule has 6 nitrogen and oxygen atoms in total. The van der Waals surface area contributed by atoms with Gasteiger partial charge in [-0.2, -0.15) is 0 Å². The molecule has 2 aliphatic rings. The third-order valence-corrected chi connectivity index (χ3v) is 6.12. The van der Waals surface area contributed by atoms with E-state index >= 15 is 0 Å². The van der Waals surface area contributed by atoms with Gasteiger partial charge < -0.3 is 24.2 Å². The fraction of sp³-hybridized carbons (Fsp3) is 0.435. The number of likely N-dealkylation sites (tertiary alicyclic amines) is 1. The second-order valence-electron chi connectivity index (χ2n) is 7.93. The predicted octanol–water partition coefficient (Wildman–Crippen LogP) is 3.13. The number of rotatable bonds is 5. The van der Waals surface area contributed by atoms with Crippen molar-refractivity contribution in [2.24, 2.45) is 11.8 Å². The van der Waals surface area contributed by atoms with Gasteiger partial charge in [-0.3, -0.25) is 4.79 Å². The number of fused-ring (bicyclic) bond motifs is 1. The summed E-state index contributed by atoms with van der Waals surface area (Å²) in [5.74, 6) is 0.993. The molecule has 0 bridgehead atoms. The Morgan fingerprint density at radius 3 is 2.33 bits per heavy atom. The Labute approximate surface area is 175 Å². The molecule has 30 heavy (non-hydrogen) atoms.